The van der Waals surface area contributed by atoms with Gasteiger partial charge >= 0.3 is 0 Å². The van der Waals surface area contributed by atoms with Crippen molar-refractivity contribution < 1.29 is 9.53 Å². The first-order valence-electron chi connectivity index (χ1n) is 11.1. The van der Waals surface area contributed by atoms with Crippen LogP contribution in [0.4, 0.5) is 0 Å². The zero-order valence-corrected chi connectivity index (χ0v) is 18.8. The van der Waals surface area contributed by atoms with Crippen LogP contribution >= 0.6 is 0 Å². The monoisotopic (exact) mass is 417 g/mol. The van der Waals surface area contributed by atoms with Crippen molar-refractivity contribution in [1.29, 1.82) is 0 Å². The molecule has 1 N–H and O–H groups in total. The van der Waals surface area contributed by atoms with Crippen LogP contribution in [0, 0.1) is 13.8 Å². The van der Waals surface area contributed by atoms with Gasteiger partial charge in [-0.05, 0) is 56.5 Å². The number of fused-ring (bicyclic) bond motifs is 1. The number of rotatable bonds is 6. The van der Waals surface area contributed by atoms with E-state index in [1.54, 1.807) is 0 Å². The predicted molar refractivity (Wildman–Crippen MR) is 122 cm³/mol. The van der Waals surface area contributed by atoms with E-state index in [0.29, 0.717) is 12.1 Å². The molecule has 2 aromatic carbocycles. The number of amides is 1. The van der Waals surface area contributed by atoms with Gasteiger partial charge in [-0.15, -0.1) is 0 Å². The Morgan fingerprint density at radius 1 is 1.13 bits per heavy atom. The average molecular weight is 418 g/mol. The molecule has 0 unspecified atom stereocenters. The van der Waals surface area contributed by atoms with E-state index in [0.717, 1.165) is 47.5 Å². The third-order valence-electron chi connectivity index (χ3n) is 6.44. The van der Waals surface area contributed by atoms with Crippen LogP contribution in [0.1, 0.15) is 72.0 Å². The quantitative estimate of drug-likeness (QED) is 0.587. The van der Waals surface area contributed by atoms with Crippen molar-refractivity contribution >= 4 is 5.91 Å². The molecule has 0 fully saturated rings. The lowest BCUT2D eigenvalue weighted by Gasteiger charge is -2.41. The van der Waals surface area contributed by atoms with Gasteiger partial charge in [0.05, 0.1) is 18.3 Å². The number of hydrogen-bond acceptors (Lipinski definition) is 3. The Morgan fingerprint density at radius 3 is 2.48 bits per heavy atom. The maximum absolute atomic E-state index is 13.1. The van der Waals surface area contributed by atoms with Crippen LogP contribution in [0.2, 0.25) is 0 Å². The largest absolute Gasteiger partial charge is 0.487 e. The number of nitrogens with zero attached hydrogens (tertiary/aromatic N) is 2. The molecule has 1 aromatic heterocycles. The lowest BCUT2D eigenvalue weighted by atomic mass is 9.83. The lowest BCUT2D eigenvalue weighted by Crippen LogP contribution is -2.44. The van der Waals surface area contributed by atoms with E-state index in [4.69, 9.17) is 4.74 Å². The van der Waals surface area contributed by atoms with Crippen molar-refractivity contribution in [2.45, 2.75) is 65.1 Å². The highest BCUT2D eigenvalue weighted by molar-refractivity contribution is 5.94. The van der Waals surface area contributed by atoms with Gasteiger partial charge in [0, 0.05) is 23.2 Å². The molecule has 0 saturated heterocycles. The predicted octanol–water partition coefficient (Wildman–Crippen LogP) is 5.36. The maximum Gasteiger partial charge on any atom is 0.251 e. The summed E-state index contributed by atoms with van der Waals surface area (Å²) in [5.74, 6) is 0.823. The molecule has 1 aliphatic rings. The number of aryl methyl sites for hydroxylation is 2. The van der Waals surface area contributed by atoms with Crippen LogP contribution in [0.5, 0.6) is 5.75 Å². The van der Waals surface area contributed by atoms with E-state index in [-0.39, 0.29) is 17.6 Å². The average Bonchev–Trinajstić information content (AvgIpc) is 3.10. The summed E-state index contributed by atoms with van der Waals surface area (Å²) in [7, 11) is 0. The van der Waals surface area contributed by atoms with E-state index in [1.165, 1.54) is 0 Å². The van der Waals surface area contributed by atoms with Gasteiger partial charge in [0.15, 0.2) is 0 Å². The zero-order chi connectivity index (χ0) is 22.0. The molecule has 5 nitrogen and oxygen atoms in total. The fourth-order valence-corrected chi connectivity index (χ4v) is 4.44. The van der Waals surface area contributed by atoms with Gasteiger partial charge in [-0.2, -0.15) is 5.10 Å². The molecule has 4 rings (SSSR count). The van der Waals surface area contributed by atoms with E-state index in [1.807, 2.05) is 60.1 Å². The Morgan fingerprint density at radius 2 is 1.84 bits per heavy atom. The van der Waals surface area contributed by atoms with Crippen LogP contribution in [0.15, 0.2) is 54.6 Å². The Balaban J connectivity index is 1.50. The van der Waals surface area contributed by atoms with Gasteiger partial charge in [-0.1, -0.05) is 44.2 Å². The first-order chi connectivity index (χ1) is 14.9. The molecule has 1 amide bonds. The zero-order valence-electron chi connectivity index (χ0n) is 18.8. The summed E-state index contributed by atoms with van der Waals surface area (Å²) < 4.78 is 8.34. The molecule has 1 atom stereocenters. The number of ether oxygens (including phenoxy) is 1. The van der Waals surface area contributed by atoms with Crippen molar-refractivity contribution in [3.8, 4) is 5.75 Å². The summed E-state index contributed by atoms with van der Waals surface area (Å²) in [5, 5.41) is 7.78. The molecule has 1 aliphatic heterocycles. The minimum atomic E-state index is -0.240. The standard InChI is InChI=1S/C26H31N3O2/c1-5-26(6-2)16-23(22-9-7-8-10-24(22)31-26)27-25(30)21-13-11-20(12-14-21)17-29-19(4)15-18(3)28-29/h7-15,23H,5-6,16-17H2,1-4H3,(H,27,30)/t23-/m0/s1. The minimum absolute atomic E-state index is 0.0551. The number of benzene rings is 2. The van der Waals surface area contributed by atoms with Gasteiger partial charge < -0.3 is 10.1 Å². The first-order valence-corrected chi connectivity index (χ1v) is 11.1. The molecule has 0 saturated carbocycles. The number of carbonyl (C=O) groups excluding carboxylic acids is 1. The molecule has 3 aromatic rings. The van der Waals surface area contributed by atoms with Crippen LogP contribution in [0.3, 0.4) is 0 Å². The molecular weight excluding hydrogens is 386 g/mol. The van der Waals surface area contributed by atoms with Crippen LogP contribution < -0.4 is 10.1 Å². The Hall–Kier alpha value is -3.08. The minimum Gasteiger partial charge on any atom is -0.487 e. The molecule has 0 bridgehead atoms. The van der Waals surface area contributed by atoms with Crippen molar-refractivity contribution in [3.05, 3.63) is 82.7 Å². The second kappa shape index (κ2) is 8.58. The van der Waals surface area contributed by atoms with E-state index in [2.05, 4.69) is 37.3 Å². The van der Waals surface area contributed by atoms with E-state index >= 15 is 0 Å². The third-order valence-corrected chi connectivity index (χ3v) is 6.44. The smallest absolute Gasteiger partial charge is 0.251 e. The van der Waals surface area contributed by atoms with Crippen molar-refractivity contribution in [1.82, 2.24) is 15.1 Å². The van der Waals surface area contributed by atoms with Gasteiger partial charge in [-0.25, -0.2) is 0 Å². The summed E-state index contributed by atoms with van der Waals surface area (Å²) in [6, 6.07) is 17.8. The molecule has 0 spiro atoms. The highest BCUT2D eigenvalue weighted by Crippen LogP contribution is 2.42. The normalized spacial score (nSPS) is 17.0. The van der Waals surface area contributed by atoms with Gasteiger partial charge in [0.2, 0.25) is 0 Å². The summed E-state index contributed by atoms with van der Waals surface area (Å²) in [6.45, 7) is 9.05. The maximum atomic E-state index is 13.1. The first kappa shape index (κ1) is 21.2. The lowest BCUT2D eigenvalue weighted by molar-refractivity contribution is 0.0227. The Labute approximate surface area is 184 Å². The highest BCUT2D eigenvalue weighted by atomic mass is 16.5. The fraction of sp³-hybridized carbons (Fsp3) is 0.385. The fourth-order valence-electron chi connectivity index (χ4n) is 4.44. The van der Waals surface area contributed by atoms with Crippen molar-refractivity contribution in [3.63, 3.8) is 0 Å². The van der Waals surface area contributed by atoms with Gasteiger partial charge in [0.1, 0.15) is 11.4 Å². The Bertz CT molecular complexity index is 1060. The molecule has 0 aliphatic carbocycles. The van der Waals surface area contributed by atoms with Crippen molar-refractivity contribution in [2.24, 2.45) is 0 Å². The molecule has 31 heavy (non-hydrogen) atoms. The summed E-state index contributed by atoms with van der Waals surface area (Å²) in [5.41, 5.74) is 4.74. The SMILES string of the molecule is CCC1(CC)C[C@H](NC(=O)c2ccc(Cn3nc(C)cc3C)cc2)c2ccccc2O1. The molecular formula is C26H31N3O2. The molecule has 0 radical (unpaired) electrons. The van der Waals surface area contributed by atoms with Gasteiger partial charge in [-0.3, -0.25) is 9.48 Å². The third kappa shape index (κ3) is 4.36. The van der Waals surface area contributed by atoms with E-state index in [9.17, 15) is 4.79 Å². The summed E-state index contributed by atoms with van der Waals surface area (Å²) in [6.07, 6.45) is 2.59. The van der Waals surface area contributed by atoms with Crippen LogP contribution in [-0.4, -0.2) is 21.3 Å². The van der Waals surface area contributed by atoms with Crippen LogP contribution in [-0.2, 0) is 6.54 Å². The van der Waals surface area contributed by atoms with E-state index < -0.39 is 0 Å². The number of carbonyl (C=O) groups is 1. The summed E-state index contributed by atoms with van der Waals surface area (Å²) >= 11 is 0. The van der Waals surface area contributed by atoms with Gasteiger partial charge in [0.25, 0.3) is 5.91 Å². The summed E-state index contributed by atoms with van der Waals surface area (Å²) in [4.78, 5) is 13.1. The highest BCUT2D eigenvalue weighted by Gasteiger charge is 2.38. The molecule has 5 heteroatoms. The number of hydrogen-bond donors (Lipinski definition) is 1. The molecule has 162 valence electrons. The topological polar surface area (TPSA) is 56.2 Å². The van der Waals surface area contributed by atoms with Crippen LogP contribution in [0.25, 0.3) is 0 Å². The Kier molecular flexibility index (Phi) is 5.86. The number of para-hydroxylation sites is 1. The number of nitrogens with one attached hydrogen (secondary N) is 1. The number of aromatic nitrogens is 2. The molecule has 2 heterocycles. The second-order valence-electron chi connectivity index (χ2n) is 8.54. The second-order valence-corrected chi connectivity index (χ2v) is 8.54. The van der Waals surface area contributed by atoms with Crippen molar-refractivity contribution in [2.75, 3.05) is 0 Å².